The summed E-state index contributed by atoms with van der Waals surface area (Å²) < 4.78 is 14.6. The molecule has 2 rings (SSSR count). The van der Waals surface area contributed by atoms with Crippen molar-refractivity contribution in [1.82, 2.24) is 4.98 Å². The van der Waals surface area contributed by atoms with Gasteiger partial charge < -0.3 is 11.5 Å². The monoisotopic (exact) mass is 317 g/mol. The van der Waals surface area contributed by atoms with Gasteiger partial charge in [0.05, 0.1) is 10.6 Å². The molecule has 4 nitrogen and oxygen atoms in total. The van der Waals surface area contributed by atoms with E-state index in [0.717, 1.165) is 0 Å². The Morgan fingerprint density at radius 1 is 1.48 bits per heavy atom. The molecular formula is C15H25ClFN3O. The molecule has 1 atom stereocenters. The summed E-state index contributed by atoms with van der Waals surface area (Å²) in [5.41, 5.74) is 11.7. The van der Waals surface area contributed by atoms with Gasteiger partial charge in [0.2, 0.25) is 0 Å². The Hall–Kier alpha value is -1.98. The van der Waals surface area contributed by atoms with Crippen LogP contribution in [0.1, 0.15) is 48.0 Å². The molecule has 0 saturated carbocycles. The number of nitrogens with zero attached hydrogens (tertiary/aromatic N) is 1. The average Bonchev–Trinajstić information content (AvgIpc) is 2.46. The zero-order chi connectivity index (χ0) is 15.6. The predicted molar refractivity (Wildman–Crippen MR) is 91.3 cm³/mol. The number of halogens is 2. The summed E-state index contributed by atoms with van der Waals surface area (Å²) in [6, 6.07) is 5.33. The number of pyridine rings is 1. The predicted octanol–water partition coefficient (Wildman–Crippen LogP) is 4.33. The Labute approximate surface area is 134 Å². The second-order valence-corrected chi connectivity index (χ2v) is 5.05. The van der Waals surface area contributed by atoms with Gasteiger partial charge in [-0.1, -0.05) is 24.6 Å². The van der Waals surface area contributed by atoms with Crippen LogP contribution in [-0.2, 0) is 0 Å². The van der Waals surface area contributed by atoms with Crippen molar-refractivity contribution < 1.29 is 16.3 Å². The average molecular weight is 318 g/mol. The van der Waals surface area contributed by atoms with Crippen molar-refractivity contribution in [1.29, 1.82) is 0 Å². The summed E-state index contributed by atoms with van der Waals surface area (Å²) in [4.78, 5) is 16.3. The zero-order valence-electron chi connectivity index (χ0n) is 11.4. The second kappa shape index (κ2) is 6.20. The molecule has 1 aromatic carbocycles. The first kappa shape index (κ1) is 15.4. The number of nitrogen functional groups attached to an aromatic ring is 1. The van der Waals surface area contributed by atoms with Gasteiger partial charge in [0.1, 0.15) is 11.6 Å². The minimum Gasteiger partial charge on any atom is -0.384 e. The molecular weight excluding hydrogens is 293 g/mol. The quantitative estimate of drug-likeness (QED) is 0.822. The van der Waals surface area contributed by atoms with Gasteiger partial charge in [0.15, 0.2) is 5.78 Å². The van der Waals surface area contributed by atoms with Gasteiger partial charge in [0.25, 0.3) is 0 Å². The van der Waals surface area contributed by atoms with Crippen LogP contribution < -0.4 is 11.5 Å². The van der Waals surface area contributed by atoms with Crippen LogP contribution in [0, 0.1) is 5.82 Å². The molecule has 0 aliphatic rings. The Kier molecular flexibility index (Phi) is 4.55. The number of carbonyl (C=O) groups excluding carboxylic acids is 1. The largest absolute Gasteiger partial charge is 0.384 e. The lowest BCUT2D eigenvalue weighted by Crippen LogP contribution is -2.15. The van der Waals surface area contributed by atoms with Crippen LogP contribution in [0.15, 0.2) is 30.5 Å². The van der Waals surface area contributed by atoms with E-state index in [2.05, 4.69) is 4.98 Å². The third-order valence-corrected chi connectivity index (χ3v) is 3.55. The fraction of sp³-hybridized carbons (Fsp3) is 0.200. The van der Waals surface area contributed by atoms with Crippen molar-refractivity contribution in [2.45, 2.75) is 19.4 Å². The molecule has 0 aliphatic carbocycles. The van der Waals surface area contributed by atoms with Gasteiger partial charge >= 0.3 is 0 Å². The number of aromatic nitrogens is 1. The van der Waals surface area contributed by atoms with E-state index in [0.29, 0.717) is 6.42 Å². The van der Waals surface area contributed by atoms with Gasteiger partial charge in [-0.3, -0.25) is 4.79 Å². The number of anilines is 1. The molecule has 21 heavy (non-hydrogen) atoms. The van der Waals surface area contributed by atoms with E-state index in [9.17, 15) is 9.18 Å². The third kappa shape index (κ3) is 3.04. The second-order valence-electron chi connectivity index (χ2n) is 4.64. The highest BCUT2D eigenvalue weighted by molar-refractivity contribution is 6.35. The molecule has 0 aliphatic heterocycles. The van der Waals surface area contributed by atoms with Gasteiger partial charge in [-0.15, -0.1) is 0 Å². The molecule has 1 heterocycles. The first-order chi connectivity index (χ1) is 9.95. The molecule has 0 saturated heterocycles. The lowest BCUT2D eigenvalue weighted by Gasteiger charge is -2.14. The first-order valence-electron chi connectivity index (χ1n) is 6.45. The van der Waals surface area contributed by atoms with E-state index >= 15 is 0 Å². The number of rotatable bonds is 4. The van der Waals surface area contributed by atoms with Crippen molar-refractivity contribution >= 4 is 23.2 Å². The van der Waals surface area contributed by atoms with Crippen molar-refractivity contribution in [3.8, 4) is 0 Å². The fourth-order valence-corrected chi connectivity index (χ4v) is 2.25. The van der Waals surface area contributed by atoms with E-state index in [1.807, 2.05) is 6.92 Å². The summed E-state index contributed by atoms with van der Waals surface area (Å²) in [6.45, 7) is 1.84. The van der Waals surface area contributed by atoms with Crippen molar-refractivity contribution in [2.24, 2.45) is 5.73 Å². The summed E-state index contributed by atoms with van der Waals surface area (Å²) in [5, 5.41) is 0.0416. The highest BCUT2D eigenvalue weighted by Crippen LogP contribution is 2.28. The number of nitrogens with two attached hydrogens (primary N) is 2. The topological polar surface area (TPSA) is 82.0 Å². The van der Waals surface area contributed by atoms with Gasteiger partial charge in [-0.25, -0.2) is 9.37 Å². The standard InChI is InChI=1S/C15H15ClFN3O.5H2/c1-2-11(18)9-3-4-10(16)13(14(9)17)15(21)8-5-6-20-12(19)7-8;;;;;/h3-7,11H,2,18H2,1H3,(H2,19,20);5*1H/t11-;;;;;/m1...../s1. The normalized spacial score (nSPS) is 12.2. The minimum absolute atomic E-state index is 0. The zero-order valence-corrected chi connectivity index (χ0v) is 12.2. The van der Waals surface area contributed by atoms with Crippen LogP contribution in [0.25, 0.3) is 0 Å². The summed E-state index contributed by atoms with van der Waals surface area (Å²) in [7, 11) is 0. The molecule has 0 bridgehead atoms. The number of hydrogen-bond acceptors (Lipinski definition) is 4. The molecule has 0 amide bonds. The smallest absolute Gasteiger partial charge is 0.197 e. The van der Waals surface area contributed by atoms with Crippen molar-refractivity contribution in [2.75, 3.05) is 5.73 Å². The van der Waals surface area contributed by atoms with Crippen LogP contribution in [0.3, 0.4) is 0 Å². The Morgan fingerprint density at radius 3 is 2.81 bits per heavy atom. The van der Waals surface area contributed by atoms with Crippen molar-refractivity contribution in [3.63, 3.8) is 0 Å². The Balaban J connectivity index is -0.000000484. The maximum atomic E-state index is 14.6. The van der Waals surface area contributed by atoms with Gasteiger partial charge in [-0.2, -0.15) is 0 Å². The van der Waals surface area contributed by atoms with Gasteiger partial charge in [-0.05, 0) is 24.6 Å². The molecule has 0 spiro atoms. The van der Waals surface area contributed by atoms with Crippen LogP contribution in [0.5, 0.6) is 0 Å². The number of carbonyl (C=O) groups is 1. The fourth-order valence-electron chi connectivity index (χ4n) is 2.02. The molecule has 1 aromatic heterocycles. The Bertz CT molecular complexity index is 709. The van der Waals surface area contributed by atoms with E-state index in [-0.39, 0.29) is 34.7 Å². The molecule has 0 radical (unpaired) electrons. The third-order valence-electron chi connectivity index (χ3n) is 3.23. The van der Waals surface area contributed by atoms with Crippen LogP contribution in [-0.4, -0.2) is 10.8 Å². The van der Waals surface area contributed by atoms with E-state index in [1.54, 1.807) is 0 Å². The van der Waals surface area contributed by atoms with E-state index in [1.165, 1.54) is 30.5 Å². The molecule has 6 heteroatoms. The number of ketones is 1. The highest BCUT2D eigenvalue weighted by Gasteiger charge is 2.22. The van der Waals surface area contributed by atoms with Gasteiger partial charge in [0, 0.05) is 30.5 Å². The molecule has 0 unspecified atom stereocenters. The first-order valence-corrected chi connectivity index (χ1v) is 6.83. The molecule has 0 fully saturated rings. The number of hydrogen-bond donors (Lipinski definition) is 2. The van der Waals surface area contributed by atoms with E-state index in [4.69, 9.17) is 23.1 Å². The van der Waals surface area contributed by atoms with Crippen LogP contribution in [0.2, 0.25) is 5.02 Å². The Morgan fingerprint density at radius 2 is 2.19 bits per heavy atom. The lowest BCUT2D eigenvalue weighted by molar-refractivity contribution is 0.103. The number of benzene rings is 1. The summed E-state index contributed by atoms with van der Waals surface area (Å²) in [6.07, 6.45) is 1.93. The molecule has 120 valence electrons. The summed E-state index contributed by atoms with van der Waals surface area (Å²) >= 11 is 5.99. The minimum atomic E-state index is -0.683. The van der Waals surface area contributed by atoms with Crippen LogP contribution >= 0.6 is 11.6 Å². The lowest BCUT2D eigenvalue weighted by atomic mass is 9.97. The maximum absolute atomic E-state index is 14.6. The molecule has 4 N–H and O–H groups in total. The molecule has 2 aromatic rings. The van der Waals surface area contributed by atoms with E-state index < -0.39 is 17.6 Å². The maximum Gasteiger partial charge on any atom is 0.197 e. The summed E-state index contributed by atoms with van der Waals surface area (Å²) in [5.74, 6) is -1.05. The SMILES string of the molecule is CC[C@@H](N)c1ccc(Cl)c(C(=O)c2ccnc(N)c2)c1F.[HH].[HH].[HH].[HH].[HH]. The highest BCUT2D eigenvalue weighted by atomic mass is 35.5. The van der Waals surface area contributed by atoms with Crippen LogP contribution in [0.4, 0.5) is 10.2 Å². The van der Waals surface area contributed by atoms with Crippen molar-refractivity contribution in [3.05, 3.63) is 58.0 Å².